The molecular formula is C22H32FN3O6. The number of amides is 1. The summed E-state index contributed by atoms with van der Waals surface area (Å²) in [5.41, 5.74) is -0.505. The Balaban J connectivity index is 1.74. The van der Waals surface area contributed by atoms with E-state index in [2.05, 4.69) is 15.2 Å². The third-order valence-corrected chi connectivity index (χ3v) is 6.48. The van der Waals surface area contributed by atoms with Crippen molar-refractivity contribution in [3.63, 3.8) is 0 Å². The number of pyridine rings is 1. The number of carboxylic acids is 1. The topological polar surface area (TPSA) is 110 Å². The molecule has 1 aliphatic carbocycles. The summed E-state index contributed by atoms with van der Waals surface area (Å²) in [6.45, 7) is 4.76. The fraction of sp³-hybridized carbons (Fsp3) is 0.682. The van der Waals surface area contributed by atoms with E-state index in [1.165, 1.54) is 0 Å². The van der Waals surface area contributed by atoms with E-state index in [1.807, 2.05) is 0 Å². The Morgan fingerprint density at radius 3 is 2.53 bits per heavy atom. The van der Waals surface area contributed by atoms with E-state index < -0.39 is 24.3 Å². The van der Waals surface area contributed by atoms with Gasteiger partial charge in [0.1, 0.15) is 16.9 Å². The minimum absolute atomic E-state index is 0.0909. The van der Waals surface area contributed by atoms with Crippen LogP contribution in [0.25, 0.3) is 0 Å². The smallest absolute Gasteiger partial charge is 0.329 e. The van der Waals surface area contributed by atoms with E-state index in [0.717, 1.165) is 12.1 Å². The maximum atomic E-state index is 12.8. The van der Waals surface area contributed by atoms with Crippen molar-refractivity contribution < 1.29 is 33.3 Å². The maximum absolute atomic E-state index is 12.8. The average Bonchev–Trinajstić information content (AvgIpc) is 3.52. The highest BCUT2D eigenvalue weighted by atomic mass is 19.1. The monoisotopic (exact) mass is 453 g/mol. The first-order valence-corrected chi connectivity index (χ1v) is 11.0. The zero-order chi connectivity index (χ0) is 23.3. The molecule has 178 valence electrons. The fourth-order valence-electron chi connectivity index (χ4n) is 3.85. The Morgan fingerprint density at radius 1 is 1.25 bits per heavy atom. The Labute approximate surface area is 187 Å². The Bertz CT molecular complexity index is 813. The van der Waals surface area contributed by atoms with Gasteiger partial charge in [0.15, 0.2) is 6.86 Å². The zero-order valence-electron chi connectivity index (χ0n) is 18.8. The number of ether oxygens (including phenoxy) is 3. The van der Waals surface area contributed by atoms with Gasteiger partial charge in [-0.3, -0.25) is 4.79 Å². The first kappa shape index (κ1) is 24.2. The number of aromatic nitrogens is 1. The van der Waals surface area contributed by atoms with Gasteiger partial charge in [-0.15, -0.1) is 0 Å². The molecule has 0 unspecified atom stereocenters. The average molecular weight is 454 g/mol. The van der Waals surface area contributed by atoms with Gasteiger partial charge < -0.3 is 29.5 Å². The number of anilines is 1. The van der Waals surface area contributed by atoms with E-state index in [0.29, 0.717) is 32.2 Å². The quantitative estimate of drug-likeness (QED) is 0.468. The lowest BCUT2D eigenvalue weighted by molar-refractivity contribution is -0.144. The van der Waals surface area contributed by atoms with Crippen molar-refractivity contribution in [2.24, 2.45) is 11.8 Å². The molecular weight excluding hydrogens is 421 g/mol. The number of nitrogens with zero attached hydrogens (tertiary/aromatic N) is 2. The largest absolute Gasteiger partial charge is 0.480 e. The maximum Gasteiger partial charge on any atom is 0.329 e. The second kappa shape index (κ2) is 10.4. The number of hydrogen-bond acceptors (Lipinski definition) is 7. The first-order chi connectivity index (χ1) is 15.4. The summed E-state index contributed by atoms with van der Waals surface area (Å²) in [6, 6.07) is 3.34. The number of rotatable bonds is 13. The summed E-state index contributed by atoms with van der Waals surface area (Å²) in [4.78, 5) is 31.1. The minimum atomic E-state index is -1.35. The van der Waals surface area contributed by atoms with Crippen molar-refractivity contribution in [1.82, 2.24) is 10.3 Å². The molecule has 2 fully saturated rings. The number of halogens is 1. The van der Waals surface area contributed by atoms with Crippen LogP contribution >= 0.6 is 0 Å². The van der Waals surface area contributed by atoms with Gasteiger partial charge in [0.2, 0.25) is 5.88 Å². The molecule has 1 aliphatic heterocycles. The lowest BCUT2D eigenvalue weighted by atomic mass is 9.92. The van der Waals surface area contributed by atoms with Crippen molar-refractivity contribution in [3.8, 4) is 5.88 Å². The predicted octanol–water partition coefficient (Wildman–Crippen LogP) is 2.25. The van der Waals surface area contributed by atoms with Crippen LogP contribution in [0.1, 0.15) is 43.6 Å². The number of alkyl halides is 1. The number of carboxylic acid groups (broad SMARTS) is 1. The standard InChI is InChI=1S/C22H32FN3O6/c1-4-22(5-2,21(28)29)25-19(27)17-6-7-18(26-9-16(10-26)30-3)20(24-17)32-12-15-8-14(15)11-31-13-23/h6-7,14-16H,4-5,8-13H2,1-3H3,(H,25,27)(H,28,29)/t14-,15-/m0/s1. The van der Waals surface area contributed by atoms with Crippen LogP contribution in [-0.2, 0) is 14.3 Å². The van der Waals surface area contributed by atoms with Crippen molar-refractivity contribution in [2.75, 3.05) is 45.2 Å². The normalized spacial score (nSPS) is 20.6. The number of carbonyl (C=O) groups is 2. The van der Waals surface area contributed by atoms with Gasteiger partial charge in [0.25, 0.3) is 5.91 Å². The van der Waals surface area contributed by atoms with Crippen LogP contribution < -0.4 is 15.0 Å². The summed E-state index contributed by atoms with van der Waals surface area (Å²) in [7, 11) is 1.66. The van der Waals surface area contributed by atoms with Crippen LogP contribution in [0.15, 0.2) is 12.1 Å². The molecule has 1 aromatic heterocycles. The van der Waals surface area contributed by atoms with Gasteiger partial charge in [0, 0.05) is 20.2 Å². The number of aliphatic carboxylic acids is 1. The van der Waals surface area contributed by atoms with Crippen LogP contribution in [-0.4, -0.2) is 73.9 Å². The molecule has 1 saturated carbocycles. The number of nitrogens with one attached hydrogen (secondary N) is 1. The highest BCUT2D eigenvalue weighted by molar-refractivity contribution is 5.96. The predicted molar refractivity (Wildman–Crippen MR) is 115 cm³/mol. The molecule has 2 N–H and O–H groups in total. The molecule has 1 amide bonds. The Hall–Kier alpha value is -2.46. The van der Waals surface area contributed by atoms with Gasteiger partial charge >= 0.3 is 5.97 Å². The van der Waals surface area contributed by atoms with Crippen LogP contribution in [0.2, 0.25) is 0 Å². The van der Waals surface area contributed by atoms with E-state index in [1.54, 1.807) is 33.1 Å². The van der Waals surface area contributed by atoms with Crippen LogP contribution in [0.4, 0.5) is 10.1 Å². The van der Waals surface area contributed by atoms with Crippen LogP contribution in [0, 0.1) is 11.8 Å². The lowest BCUT2D eigenvalue weighted by Gasteiger charge is -2.40. The van der Waals surface area contributed by atoms with Crippen molar-refractivity contribution >= 4 is 17.6 Å². The van der Waals surface area contributed by atoms with E-state index in [9.17, 15) is 19.1 Å². The van der Waals surface area contributed by atoms with Crippen LogP contribution in [0.3, 0.4) is 0 Å². The summed E-state index contributed by atoms with van der Waals surface area (Å²) in [6.07, 6.45) is 1.52. The van der Waals surface area contributed by atoms with E-state index >= 15 is 0 Å². The molecule has 1 aromatic rings. The molecule has 2 heterocycles. The molecule has 3 rings (SSSR count). The molecule has 1 saturated heterocycles. The third-order valence-electron chi connectivity index (χ3n) is 6.48. The van der Waals surface area contributed by atoms with E-state index in [-0.39, 0.29) is 36.5 Å². The molecule has 2 atom stereocenters. The zero-order valence-corrected chi connectivity index (χ0v) is 18.8. The third kappa shape index (κ3) is 5.29. The molecule has 0 spiro atoms. The second-order valence-corrected chi connectivity index (χ2v) is 8.38. The summed E-state index contributed by atoms with van der Waals surface area (Å²) in [5.74, 6) is -0.820. The Kier molecular flexibility index (Phi) is 7.89. The fourth-order valence-corrected chi connectivity index (χ4v) is 3.85. The van der Waals surface area contributed by atoms with Gasteiger partial charge in [-0.1, -0.05) is 13.8 Å². The van der Waals surface area contributed by atoms with Crippen molar-refractivity contribution in [1.29, 1.82) is 0 Å². The first-order valence-electron chi connectivity index (χ1n) is 11.0. The number of hydrogen-bond donors (Lipinski definition) is 2. The summed E-state index contributed by atoms with van der Waals surface area (Å²) >= 11 is 0. The van der Waals surface area contributed by atoms with Gasteiger partial charge in [-0.2, -0.15) is 0 Å². The molecule has 0 bridgehead atoms. The molecule has 0 aromatic carbocycles. The number of methoxy groups -OCH3 is 1. The molecule has 9 nitrogen and oxygen atoms in total. The van der Waals surface area contributed by atoms with Gasteiger partial charge in [-0.25, -0.2) is 14.2 Å². The Morgan fingerprint density at radius 2 is 1.94 bits per heavy atom. The van der Waals surface area contributed by atoms with Gasteiger partial charge in [0.05, 0.1) is 19.3 Å². The SMILES string of the molecule is CCC(CC)(NC(=O)c1ccc(N2CC(OC)C2)c(OC[C@@H]2C[C@H]2COCF)n1)C(=O)O. The second-order valence-electron chi connectivity index (χ2n) is 8.38. The minimum Gasteiger partial charge on any atom is -0.480 e. The number of carbonyl (C=O) groups excluding carboxylic acids is 1. The summed E-state index contributed by atoms with van der Waals surface area (Å²) in [5, 5.41) is 12.2. The summed E-state index contributed by atoms with van der Waals surface area (Å²) < 4.78 is 28.3. The highest BCUT2D eigenvalue weighted by Gasteiger charge is 2.39. The lowest BCUT2D eigenvalue weighted by Crippen LogP contribution is -2.54. The molecule has 0 radical (unpaired) electrons. The molecule has 10 heteroatoms. The van der Waals surface area contributed by atoms with Crippen molar-refractivity contribution in [3.05, 3.63) is 17.8 Å². The molecule has 32 heavy (non-hydrogen) atoms. The van der Waals surface area contributed by atoms with Gasteiger partial charge in [-0.05, 0) is 43.2 Å². The molecule has 2 aliphatic rings. The van der Waals surface area contributed by atoms with Crippen LogP contribution in [0.5, 0.6) is 5.88 Å². The highest BCUT2D eigenvalue weighted by Crippen LogP contribution is 2.40. The van der Waals surface area contributed by atoms with E-state index in [4.69, 9.17) is 14.2 Å². The van der Waals surface area contributed by atoms with Crippen molar-refractivity contribution in [2.45, 2.75) is 44.8 Å².